The van der Waals surface area contributed by atoms with Crippen LogP contribution in [0.3, 0.4) is 0 Å². The van der Waals surface area contributed by atoms with E-state index in [0.29, 0.717) is 27.5 Å². The first-order valence-corrected chi connectivity index (χ1v) is 11.9. The number of hydrogen-bond donors (Lipinski definition) is 3. The van der Waals surface area contributed by atoms with Crippen molar-refractivity contribution in [2.24, 2.45) is 0 Å². The molecule has 0 saturated heterocycles. The molecule has 4 rings (SSSR count). The number of carboxylic acid groups (broad SMARTS) is 1. The van der Waals surface area contributed by atoms with Gasteiger partial charge in [0.05, 0.1) is 23.4 Å². The molecule has 0 atom stereocenters. The van der Waals surface area contributed by atoms with Crippen LogP contribution in [-0.4, -0.2) is 42.5 Å². The summed E-state index contributed by atoms with van der Waals surface area (Å²) in [5.74, 6) is -1.11. The Morgan fingerprint density at radius 3 is 2.34 bits per heavy atom. The van der Waals surface area contributed by atoms with Crippen LogP contribution in [0.5, 0.6) is 0 Å². The van der Waals surface area contributed by atoms with E-state index in [1.807, 2.05) is 30.3 Å². The summed E-state index contributed by atoms with van der Waals surface area (Å²) < 4.78 is 0. The predicted octanol–water partition coefficient (Wildman–Crippen LogP) is 5.39. The number of hydrogen-bond acceptors (Lipinski definition) is 4. The van der Waals surface area contributed by atoms with Crippen molar-refractivity contribution in [1.82, 2.24) is 4.90 Å². The molecule has 0 bridgehead atoms. The summed E-state index contributed by atoms with van der Waals surface area (Å²) in [5, 5.41) is 16.0. The van der Waals surface area contributed by atoms with E-state index < -0.39 is 5.97 Å². The second-order valence-electron chi connectivity index (χ2n) is 8.89. The molecular formula is C28H28ClN3O3. The molecule has 3 N–H and O–H groups in total. The zero-order valence-electron chi connectivity index (χ0n) is 19.8. The smallest absolute Gasteiger partial charge is 0.307 e. The molecule has 0 fully saturated rings. The number of carbonyl (C=O) groups excluding carboxylic acids is 1. The van der Waals surface area contributed by atoms with Crippen molar-refractivity contribution in [3.8, 4) is 0 Å². The van der Waals surface area contributed by atoms with Crippen molar-refractivity contribution in [1.29, 1.82) is 0 Å². The Hall–Kier alpha value is -3.61. The van der Waals surface area contributed by atoms with Crippen molar-refractivity contribution in [3.63, 3.8) is 0 Å². The summed E-state index contributed by atoms with van der Waals surface area (Å²) in [4.78, 5) is 26.3. The summed E-state index contributed by atoms with van der Waals surface area (Å²) in [7, 11) is 4.14. The number of amides is 1. The molecule has 1 amide bonds. The molecule has 0 radical (unpaired) electrons. The molecule has 35 heavy (non-hydrogen) atoms. The number of rotatable bonds is 9. The lowest BCUT2D eigenvalue weighted by Gasteiger charge is -2.16. The molecule has 0 aliphatic carbocycles. The molecule has 0 spiro atoms. The minimum absolute atomic E-state index is 0.0588. The highest BCUT2D eigenvalue weighted by atomic mass is 35.5. The highest BCUT2D eigenvalue weighted by Gasteiger charge is 2.28. The highest BCUT2D eigenvalue weighted by Crippen LogP contribution is 2.38. The highest BCUT2D eigenvalue weighted by molar-refractivity contribution is 6.38. The summed E-state index contributed by atoms with van der Waals surface area (Å²) in [6.07, 6.45) is 2.02. The Kier molecular flexibility index (Phi) is 7.54. The minimum Gasteiger partial charge on any atom is -0.481 e. The van der Waals surface area contributed by atoms with Gasteiger partial charge in [0, 0.05) is 16.3 Å². The number of nitrogens with one attached hydrogen (secondary N) is 2. The fraction of sp³-hybridized carbons (Fsp3) is 0.214. The molecule has 0 saturated carbocycles. The van der Waals surface area contributed by atoms with Crippen molar-refractivity contribution >= 4 is 46.1 Å². The number of anilines is 2. The topological polar surface area (TPSA) is 81.7 Å². The van der Waals surface area contributed by atoms with Crippen LogP contribution in [0.25, 0.3) is 11.3 Å². The molecule has 3 aromatic rings. The second kappa shape index (κ2) is 10.8. The number of fused-ring (bicyclic) bond motifs is 1. The van der Waals surface area contributed by atoms with E-state index in [0.717, 1.165) is 36.2 Å². The third-order valence-electron chi connectivity index (χ3n) is 5.87. The molecule has 6 nitrogen and oxygen atoms in total. The van der Waals surface area contributed by atoms with Crippen LogP contribution in [0.15, 0.2) is 66.7 Å². The molecule has 7 heteroatoms. The van der Waals surface area contributed by atoms with Crippen LogP contribution in [0.2, 0.25) is 5.02 Å². The Morgan fingerprint density at radius 2 is 1.69 bits per heavy atom. The summed E-state index contributed by atoms with van der Waals surface area (Å²) in [5.41, 5.74) is 6.16. The van der Waals surface area contributed by atoms with E-state index in [2.05, 4.69) is 41.8 Å². The number of carbonyl (C=O) groups is 2. The Morgan fingerprint density at radius 1 is 1.00 bits per heavy atom. The summed E-state index contributed by atoms with van der Waals surface area (Å²) in [6, 6.07) is 20.8. The minimum atomic E-state index is -0.888. The van der Waals surface area contributed by atoms with Gasteiger partial charge in [0.1, 0.15) is 0 Å². The van der Waals surface area contributed by atoms with Gasteiger partial charge in [-0.3, -0.25) is 9.59 Å². The number of aliphatic carboxylic acids is 1. The van der Waals surface area contributed by atoms with Crippen LogP contribution in [-0.2, 0) is 22.4 Å². The van der Waals surface area contributed by atoms with E-state index in [1.165, 1.54) is 5.56 Å². The quantitative estimate of drug-likeness (QED) is 0.351. The number of carboxylic acids is 1. The largest absolute Gasteiger partial charge is 0.481 e. The van der Waals surface area contributed by atoms with Gasteiger partial charge in [-0.2, -0.15) is 0 Å². The second-order valence-corrected chi connectivity index (χ2v) is 9.33. The standard InChI is InChI=1S/C28H28ClN3O3/c1-32(2)15-3-4-18-7-12-22(13-8-18)30-27(20-9-5-19(6-10-20)16-25(33)34)26-23-14-11-21(29)17-24(23)31-28(26)35/h5-14,17,30H,3-4,15-16H2,1-2H3,(H,31,35)(H,33,34). The maximum atomic E-state index is 13.1. The van der Waals surface area contributed by atoms with E-state index in [4.69, 9.17) is 16.7 Å². The molecule has 180 valence electrons. The number of halogens is 1. The van der Waals surface area contributed by atoms with Gasteiger partial charge < -0.3 is 20.6 Å². The zero-order chi connectivity index (χ0) is 24.9. The van der Waals surface area contributed by atoms with Gasteiger partial charge in [0.25, 0.3) is 5.91 Å². The molecular weight excluding hydrogens is 462 g/mol. The van der Waals surface area contributed by atoms with Gasteiger partial charge in [-0.15, -0.1) is 0 Å². The van der Waals surface area contributed by atoms with Crippen molar-refractivity contribution < 1.29 is 14.7 Å². The van der Waals surface area contributed by atoms with Gasteiger partial charge >= 0.3 is 5.97 Å². The normalized spacial score (nSPS) is 14.0. The molecule has 3 aromatic carbocycles. The van der Waals surface area contributed by atoms with E-state index in [1.54, 1.807) is 24.3 Å². The first-order chi connectivity index (χ1) is 16.8. The lowest BCUT2D eigenvalue weighted by molar-refractivity contribution is -0.136. The third kappa shape index (κ3) is 6.10. The fourth-order valence-corrected chi connectivity index (χ4v) is 4.31. The van der Waals surface area contributed by atoms with Crippen LogP contribution < -0.4 is 10.6 Å². The lowest BCUT2D eigenvalue weighted by atomic mass is 9.98. The SMILES string of the molecule is CN(C)CCCc1ccc(NC(=C2C(=O)Nc3cc(Cl)ccc32)c2ccc(CC(=O)O)cc2)cc1. The van der Waals surface area contributed by atoms with Gasteiger partial charge in [-0.25, -0.2) is 0 Å². The van der Waals surface area contributed by atoms with Crippen molar-refractivity contribution in [2.75, 3.05) is 31.3 Å². The van der Waals surface area contributed by atoms with Gasteiger partial charge in [0.2, 0.25) is 0 Å². The third-order valence-corrected chi connectivity index (χ3v) is 6.10. The maximum absolute atomic E-state index is 13.1. The average molecular weight is 490 g/mol. The number of aryl methyl sites for hydroxylation is 1. The Bertz CT molecular complexity index is 1270. The Balaban J connectivity index is 1.69. The van der Waals surface area contributed by atoms with Crippen molar-refractivity contribution in [2.45, 2.75) is 19.3 Å². The Labute approximate surface area is 210 Å². The van der Waals surface area contributed by atoms with Crippen LogP contribution in [0.1, 0.15) is 28.7 Å². The van der Waals surface area contributed by atoms with Gasteiger partial charge in [0.15, 0.2) is 0 Å². The van der Waals surface area contributed by atoms with Gasteiger partial charge in [-0.1, -0.05) is 54.1 Å². The van der Waals surface area contributed by atoms with E-state index >= 15 is 0 Å². The first kappa shape index (κ1) is 24.5. The first-order valence-electron chi connectivity index (χ1n) is 11.5. The number of nitrogens with zero attached hydrogens (tertiary/aromatic N) is 1. The fourth-order valence-electron chi connectivity index (χ4n) is 4.13. The predicted molar refractivity (Wildman–Crippen MR) is 142 cm³/mol. The zero-order valence-corrected chi connectivity index (χ0v) is 20.5. The lowest BCUT2D eigenvalue weighted by Crippen LogP contribution is -2.13. The maximum Gasteiger partial charge on any atom is 0.307 e. The summed E-state index contributed by atoms with van der Waals surface area (Å²) >= 11 is 6.14. The molecule has 0 unspecified atom stereocenters. The molecule has 0 aromatic heterocycles. The van der Waals surface area contributed by atoms with Crippen LogP contribution in [0, 0.1) is 0 Å². The number of benzene rings is 3. The molecule has 1 aliphatic heterocycles. The van der Waals surface area contributed by atoms with Crippen molar-refractivity contribution in [3.05, 3.63) is 94.0 Å². The van der Waals surface area contributed by atoms with Crippen LogP contribution in [0.4, 0.5) is 11.4 Å². The van der Waals surface area contributed by atoms with E-state index in [-0.39, 0.29) is 12.3 Å². The molecule has 1 heterocycles. The van der Waals surface area contributed by atoms with E-state index in [9.17, 15) is 9.59 Å². The summed E-state index contributed by atoms with van der Waals surface area (Å²) in [6.45, 7) is 1.03. The van der Waals surface area contributed by atoms with Gasteiger partial charge in [-0.05, 0) is 74.4 Å². The molecule has 1 aliphatic rings. The average Bonchev–Trinajstić information content (AvgIpc) is 3.13. The monoisotopic (exact) mass is 489 g/mol. The van der Waals surface area contributed by atoms with Crippen LogP contribution >= 0.6 is 11.6 Å².